The van der Waals surface area contributed by atoms with Gasteiger partial charge in [0, 0.05) is 11.3 Å². The molecule has 6 N–H and O–H groups in total. The maximum absolute atomic E-state index is 13.0. The molecular formula is C20H22FN5O3S. The predicted octanol–water partition coefficient (Wildman–Crippen LogP) is 0.892. The molecule has 2 aromatic carbocycles. The molecule has 3 amide bonds. The number of carbonyl (C=O) groups excluding carboxylic acids is 3. The van der Waals surface area contributed by atoms with E-state index in [2.05, 4.69) is 21.3 Å². The van der Waals surface area contributed by atoms with Crippen LogP contribution in [0.2, 0.25) is 0 Å². The van der Waals surface area contributed by atoms with Gasteiger partial charge in [-0.3, -0.25) is 19.7 Å². The molecule has 1 aliphatic rings. The molecule has 0 radical (unpaired) electrons. The van der Waals surface area contributed by atoms with Gasteiger partial charge in [0.2, 0.25) is 11.8 Å². The lowest BCUT2D eigenvalue weighted by atomic mass is 10.1. The molecule has 2 aromatic rings. The topological polar surface area (TPSA) is 125 Å². The van der Waals surface area contributed by atoms with Gasteiger partial charge in [0.05, 0.1) is 11.9 Å². The molecule has 0 aliphatic carbocycles. The monoisotopic (exact) mass is 431 g/mol. The van der Waals surface area contributed by atoms with Crippen molar-refractivity contribution in [1.82, 2.24) is 16.0 Å². The number of amides is 3. The second-order valence-corrected chi connectivity index (χ2v) is 7.86. The highest BCUT2D eigenvalue weighted by Gasteiger charge is 2.35. The first-order valence-electron chi connectivity index (χ1n) is 9.18. The van der Waals surface area contributed by atoms with Crippen LogP contribution in [0.1, 0.15) is 15.9 Å². The fourth-order valence-corrected chi connectivity index (χ4v) is 3.69. The maximum atomic E-state index is 13.0. The normalized spacial score (nSPS) is 20.9. The van der Waals surface area contributed by atoms with Gasteiger partial charge in [-0.1, -0.05) is 12.1 Å². The average molecular weight is 431 g/mol. The summed E-state index contributed by atoms with van der Waals surface area (Å²) in [6.45, 7) is 1.93. The van der Waals surface area contributed by atoms with E-state index in [-0.39, 0.29) is 17.2 Å². The summed E-state index contributed by atoms with van der Waals surface area (Å²) < 4.78 is 13.0. The second kappa shape index (κ2) is 9.70. The van der Waals surface area contributed by atoms with Gasteiger partial charge < -0.3 is 21.7 Å². The molecule has 3 atom stereocenters. The number of aryl methyl sites for hydroxylation is 1. The lowest BCUT2D eigenvalue weighted by Gasteiger charge is -2.35. The molecule has 1 fully saturated rings. The van der Waals surface area contributed by atoms with E-state index in [4.69, 9.17) is 5.73 Å². The molecule has 3 unspecified atom stereocenters. The quantitative estimate of drug-likeness (QED) is 0.463. The summed E-state index contributed by atoms with van der Waals surface area (Å²) in [4.78, 5) is 36.8. The SMILES string of the molecule is Cc1cccc(NC(=O)CSC2NC(=O)C(NC(=O)c3ccc(F)cc3)C(N)N2)c1. The number of anilines is 1. The van der Waals surface area contributed by atoms with Crippen molar-refractivity contribution >= 4 is 35.2 Å². The van der Waals surface area contributed by atoms with Crippen molar-refractivity contribution in [2.24, 2.45) is 5.73 Å². The lowest BCUT2D eigenvalue weighted by Crippen LogP contribution is -2.70. The highest BCUT2D eigenvalue weighted by Crippen LogP contribution is 2.14. The molecule has 30 heavy (non-hydrogen) atoms. The van der Waals surface area contributed by atoms with Gasteiger partial charge in [-0.25, -0.2) is 4.39 Å². The summed E-state index contributed by atoms with van der Waals surface area (Å²) in [6, 6.07) is 11.4. The zero-order chi connectivity index (χ0) is 21.7. The zero-order valence-electron chi connectivity index (χ0n) is 16.1. The van der Waals surface area contributed by atoms with Crippen LogP contribution in [0.15, 0.2) is 48.5 Å². The zero-order valence-corrected chi connectivity index (χ0v) is 17.0. The number of halogens is 1. The summed E-state index contributed by atoms with van der Waals surface area (Å²) in [5, 5.41) is 10.9. The van der Waals surface area contributed by atoms with Crippen molar-refractivity contribution in [2.45, 2.75) is 24.6 Å². The lowest BCUT2D eigenvalue weighted by molar-refractivity contribution is -0.125. The van der Waals surface area contributed by atoms with Crippen molar-refractivity contribution in [2.75, 3.05) is 11.1 Å². The summed E-state index contributed by atoms with van der Waals surface area (Å²) in [5.74, 6) is -1.62. The van der Waals surface area contributed by atoms with Crippen molar-refractivity contribution in [1.29, 1.82) is 0 Å². The molecule has 1 heterocycles. The molecule has 0 bridgehead atoms. The number of hydrogen-bond donors (Lipinski definition) is 5. The van der Waals surface area contributed by atoms with Gasteiger partial charge in [-0.05, 0) is 48.9 Å². The highest BCUT2D eigenvalue weighted by molar-refractivity contribution is 8.00. The van der Waals surface area contributed by atoms with Crippen molar-refractivity contribution in [3.63, 3.8) is 0 Å². The summed E-state index contributed by atoms with van der Waals surface area (Å²) >= 11 is 1.17. The first-order valence-corrected chi connectivity index (χ1v) is 10.2. The minimum absolute atomic E-state index is 0.0885. The van der Waals surface area contributed by atoms with E-state index in [1.807, 2.05) is 25.1 Å². The predicted molar refractivity (Wildman–Crippen MR) is 113 cm³/mol. The van der Waals surface area contributed by atoms with Crippen molar-refractivity contribution < 1.29 is 18.8 Å². The fourth-order valence-electron chi connectivity index (χ4n) is 2.84. The highest BCUT2D eigenvalue weighted by atomic mass is 32.2. The molecule has 1 aliphatic heterocycles. The van der Waals surface area contributed by atoms with Crippen LogP contribution in [0.3, 0.4) is 0 Å². The molecule has 0 saturated carbocycles. The van der Waals surface area contributed by atoms with Crippen LogP contribution in [-0.4, -0.2) is 41.2 Å². The number of benzene rings is 2. The number of thioether (sulfide) groups is 1. The van der Waals surface area contributed by atoms with Crippen LogP contribution >= 0.6 is 11.8 Å². The van der Waals surface area contributed by atoms with Gasteiger partial charge >= 0.3 is 0 Å². The van der Waals surface area contributed by atoms with Crippen LogP contribution in [0.5, 0.6) is 0 Å². The number of nitrogens with two attached hydrogens (primary N) is 1. The third-order valence-corrected chi connectivity index (χ3v) is 5.35. The number of hydrogen-bond acceptors (Lipinski definition) is 6. The Morgan fingerprint density at radius 1 is 1.20 bits per heavy atom. The Kier molecular flexibility index (Phi) is 7.03. The summed E-state index contributed by atoms with van der Waals surface area (Å²) in [6.07, 6.45) is -0.861. The minimum Gasteiger partial charge on any atom is -0.338 e. The molecule has 158 valence electrons. The Morgan fingerprint density at radius 3 is 2.60 bits per heavy atom. The molecule has 3 rings (SSSR count). The smallest absolute Gasteiger partial charge is 0.252 e. The Bertz CT molecular complexity index is 940. The van der Waals surface area contributed by atoms with Gasteiger partial charge in [0.25, 0.3) is 5.91 Å². The molecule has 1 saturated heterocycles. The largest absolute Gasteiger partial charge is 0.338 e. The summed E-state index contributed by atoms with van der Waals surface area (Å²) in [7, 11) is 0. The molecular weight excluding hydrogens is 409 g/mol. The Labute approximate surface area is 177 Å². The Morgan fingerprint density at radius 2 is 1.93 bits per heavy atom. The van der Waals surface area contributed by atoms with E-state index in [1.165, 1.54) is 23.9 Å². The van der Waals surface area contributed by atoms with Crippen LogP contribution in [-0.2, 0) is 9.59 Å². The van der Waals surface area contributed by atoms with Gasteiger partial charge in [-0.2, -0.15) is 0 Å². The third-order valence-electron chi connectivity index (χ3n) is 4.33. The number of rotatable bonds is 6. The molecule has 0 spiro atoms. The van der Waals surface area contributed by atoms with Crippen LogP contribution < -0.4 is 27.0 Å². The third kappa shape index (κ3) is 5.78. The standard InChI is InChI=1S/C20H22FN5O3S/c1-11-3-2-4-14(9-11)23-15(27)10-30-20-25-17(22)16(19(29)26-20)24-18(28)12-5-7-13(21)8-6-12/h2-9,16-17,20,25H,10,22H2,1H3,(H,23,27)(H,24,28)(H,26,29). The first kappa shape index (κ1) is 21.8. The summed E-state index contributed by atoms with van der Waals surface area (Å²) in [5.41, 5.74) is 7.34. The van der Waals surface area contributed by atoms with Gasteiger partial charge in [0.1, 0.15) is 17.4 Å². The van der Waals surface area contributed by atoms with Crippen LogP contribution in [0.4, 0.5) is 10.1 Å². The van der Waals surface area contributed by atoms with E-state index in [0.29, 0.717) is 5.69 Å². The van der Waals surface area contributed by atoms with Crippen molar-refractivity contribution in [3.05, 3.63) is 65.5 Å². The van der Waals surface area contributed by atoms with E-state index >= 15 is 0 Å². The Hall–Kier alpha value is -2.95. The van der Waals surface area contributed by atoms with E-state index in [0.717, 1.165) is 17.7 Å². The van der Waals surface area contributed by atoms with E-state index < -0.39 is 35.3 Å². The van der Waals surface area contributed by atoms with Gasteiger partial charge in [0.15, 0.2) is 0 Å². The molecule has 8 nitrogen and oxygen atoms in total. The van der Waals surface area contributed by atoms with E-state index in [1.54, 1.807) is 6.07 Å². The maximum Gasteiger partial charge on any atom is 0.252 e. The van der Waals surface area contributed by atoms with Crippen LogP contribution in [0, 0.1) is 12.7 Å². The fraction of sp³-hybridized carbons (Fsp3) is 0.250. The minimum atomic E-state index is -1.01. The molecule has 0 aromatic heterocycles. The molecule has 10 heteroatoms. The van der Waals surface area contributed by atoms with E-state index in [9.17, 15) is 18.8 Å². The van der Waals surface area contributed by atoms with Gasteiger partial charge in [-0.15, -0.1) is 11.8 Å². The number of carbonyl (C=O) groups is 3. The number of nitrogens with one attached hydrogen (secondary N) is 4. The Balaban J connectivity index is 1.49. The van der Waals surface area contributed by atoms with Crippen LogP contribution in [0.25, 0.3) is 0 Å². The second-order valence-electron chi connectivity index (χ2n) is 6.77. The van der Waals surface area contributed by atoms with Crippen molar-refractivity contribution in [3.8, 4) is 0 Å². The first-order chi connectivity index (χ1) is 14.3. The average Bonchev–Trinajstić information content (AvgIpc) is 2.69.